The van der Waals surface area contributed by atoms with Gasteiger partial charge in [-0.1, -0.05) is 12.1 Å². The Kier molecular flexibility index (Phi) is 4.08. The lowest BCUT2D eigenvalue weighted by molar-refractivity contribution is 0.542. The summed E-state index contributed by atoms with van der Waals surface area (Å²) in [4.78, 5) is 4.18. The van der Waals surface area contributed by atoms with Crippen molar-refractivity contribution in [3.63, 3.8) is 0 Å². The van der Waals surface area contributed by atoms with E-state index < -0.39 is 0 Å². The highest BCUT2D eigenvalue weighted by atomic mass is 79.9. The standard InChI is InChI=1S/C12H14BrFN4/c1-15-10(6-11-16-7-17-18(11)2)8-4-3-5-9(14)12(8)13/h3-5,7,10,15H,6H2,1-2H3. The predicted octanol–water partition coefficient (Wildman–Crippen LogP) is 2.22. The molecule has 2 rings (SSSR count). The highest BCUT2D eigenvalue weighted by Crippen LogP contribution is 2.27. The summed E-state index contributed by atoms with van der Waals surface area (Å²) in [5.41, 5.74) is 0.875. The number of aromatic nitrogens is 3. The van der Waals surface area contributed by atoms with Gasteiger partial charge in [-0.15, -0.1) is 0 Å². The number of hydrogen-bond acceptors (Lipinski definition) is 3. The Morgan fingerprint density at radius 1 is 1.50 bits per heavy atom. The minimum atomic E-state index is -0.259. The summed E-state index contributed by atoms with van der Waals surface area (Å²) in [6, 6.07) is 5.02. The molecular weight excluding hydrogens is 299 g/mol. The molecule has 1 heterocycles. The summed E-state index contributed by atoms with van der Waals surface area (Å²) in [6.07, 6.45) is 2.16. The zero-order valence-corrected chi connectivity index (χ0v) is 11.8. The van der Waals surface area contributed by atoms with Gasteiger partial charge in [-0.05, 0) is 34.6 Å². The first-order chi connectivity index (χ1) is 8.63. The van der Waals surface area contributed by atoms with E-state index in [1.54, 1.807) is 10.7 Å². The minimum Gasteiger partial charge on any atom is -0.313 e. The van der Waals surface area contributed by atoms with Crippen LogP contribution in [0.4, 0.5) is 4.39 Å². The van der Waals surface area contributed by atoms with Crippen LogP contribution in [0.5, 0.6) is 0 Å². The van der Waals surface area contributed by atoms with Crippen LogP contribution in [-0.2, 0) is 13.5 Å². The second kappa shape index (κ2) is 5.58. The van der Waals surface area contributed by atoms with Crippen LogP contribution in [-0.4, -0.2) is 21.8 Å². The van der Waals surface area contributed by atoms with Crippen LogP contribution < -0.4 is 5.32 Å². The molecule has 1 aromatic carbocycles. The number of likely N-dealkylation sites (N-methyl/N-ethyl adjacent to an activating group) is 1. The number of rotatable bonds is 4. The van der Waals surface area contributed by atoms with E-state index in [0.717, 1.165) is 11.4 Å². The van der Waals surface area contributed by atoms with E-state index in [-0.39, 0.29) is 11.9 Å². The van der Waals surface area contributed by atoms with E-state index in [2.05, 4.69) is 31.3 Å². The smallest absolute Gasteiger partial charge is 0.138 e. The average molecular weight is 313 g/mol. The molecule has 0 saturated carbocycles. The zero-order chi connectivity index (χ0) is 13.1. The number of hydrogen-bond donors (Lipinski definition) is 1. The number of nitrogens with zero attached hydrogens (tertiary/aromatic N) is 3. The van der Waals surface area contributed by atoms with Gasteiger partial charge in [-0.25, -0.2) is 9.37 Å². The van der Waals surface area contributed by atoms with E-state index in [4.69, 9.17) is 0 Å². The van der Waals surface area contributed by atoms with Gasteiger partial charge >= 0.3 is 0 Å². The Balaban J connectivity index is 2.29. The molecule has 1 aromatic heterocycles. The number of benzene rings is 1. The van der Waals surface area contributed by atoms with Gasteiger partial charge < -0.3 is 5.32 Å². The molecule has 1 unspecified atom stereocenters. The summed E-state index contributed by atoms with van der Waals surface area (Å²) >= 11 is 3.29. The highest BCUT2D eigenvalue weighted by molar-refractivity contribution is 9.10. The van der Waals surface area contributed by atoms with Crippen molar-refractivity contribution < 1.29 is 4.39 Å². The molecular formula is C12H14BrFN4. The first-order valence-electron chi connectivity index (χ1n) is 5.57. The van der Waals surface area contributed by atoms with Crippen LogP contribution in [0, 0.1) is 5.82 Å². The summed E-state index contributed by atoms with van der Waals surface area (Å²) in [7, 11) is 3.69. The van der Waals surface area contributed by atoms with Crippen LogP contribution in [0.3, 0.4) is 0 Å². The van der Waals surface area contributed by atoms with E-state index in [1.165, 1.54) is 12.4 Å². The topological polar surface area (TPSA) is 42.7 Å². The maximum atomic E-state index is 13.5. The van der Waals surface area contributed by atoms with Crippen molar-refractivity contribution in [1.82, 2.24) is 20.1 Å². The first kappa shape index (κ1) is 13.2. The van der Waals surface area contributed by atoms with E-state index in [9.17, 15) is 4.39 Å². The lowest BCUT2D eigenvalue weighted by atomic mass is 10.0. The van der Waals surface area contributed by atoms with Crippen LogP contribution in [0.2, 0.25) is 0 Å². The number of nitrogens with one attached hydrogen (secondary N) is 1. The van der Waals surface area contributed by atoms with Gasteiger partial charge in [0.1, 0.15) is 18.0 Å². The Hall–Kier alpha value is -1.27. The average Bonchev–Trinajstić information content (AvgIpc) is 2.76. The van der Waals surface area contributed by atoms with Crippen molar-refractivity contribution in [3.8, 4) is 0 Å². The SMILES string of the molecule is CNC(Cc1ncnn1C)c1cccc(F)c1Br. The molecule has 6 heteroatoms. The van der Waals surface area contributed by atoms with Crippen LogP contribution >= 0.6 is 15.9 Å². The maximum absolute atomic E-state index is 13.5. The van der Waals surface area contributed by atoms with Crippen molar-refractivity contribution in [1.29, 1.82) is 0 Å². The zero-order valence-electron chi connectivity index (χ0n) is 10.2. The molecule has 1 atom stereocenters. The summed E-state index contributed by atoms with van der Waals surface area (Å²) in [5, 5.41) is 7.20. The second-order valence-electron chi connectivity index (χ2n) is 3.99. The Morgan fingerprint density at radius 3 is 2.89 bits per heavy atom. The third kappa shape index (κ3) is 2.59. The molecule has 0 fully saturated rings. The fraction of sp³-hybridized carbons (Fsp3) is 0.333. The molecule has 0 aliphatic carbocycles. The van der Waals surface area contributed by atoms with Gasteiger partial charge in [0.15, 0.2) is 0 Å². The minimum absolute atomic E-state index is 0.0158. The lowest BCUT2D eigenvalue weighted by Crippen LogP contribution is -2.21. The maximum Gasteiger partial charge on any atom is 0.138 e. The molecule has 0 aliphatic heterocycles. The lowest BCUT2D eigenvalue weighted by Gasteiger charge is -2.17. The van der Waals surface area contributed by atoms with Crippen molar-refractivity contribution >= 4 is 15.9 Å². The number of halogens is 2. The Labute approximate surface area is 113 Å². The van der Waals surface area contributed by atoms with E-state index in [0.29, 0.717) is 10.9 Å². The highest BCUT2D eigenvalue weighted by Gasteiger charge is 2.17. The van der Waals surface area contributed by atoms with Gasteiger partial charge in [0.05, 0.1) is 4.47 Å². The van der Waals surface area contributed by atoms with Gasteiger partial charge in [-0.2, -0.15) is 5.10 Å². The second-order valence-corrected chi connectivity index (χ2v) is 4.78. The first-order valence-corrected chi connectivity index (χ1v) is 6.36. The molecule has 18 heavy (non-hydrogen) atoms. The van der Waals surface area contributed by atoms with Gasteiger partial charge in [-0.3, -0.25) is 4.68 Å². The van der Waals surface area contributed by atoms with Crippen molar-refractivity contribution in [2.24, 2.45) is 7.05 Å². The van der Waals surface area contributed by atoms with Crippen LogP contribution in [0.1, 0.15) is 17.4 Å². The summed E-state index contributed by atoms with van der Waals surface area (Å²) < 4.78 is 15.7. The fourth-order valence-electron chi connectivity index (χ4n) is 1.84. The van der Waals surface area contributed by atoms with Crippen LogP contribution in [0.15, 0.2) is 29.0 Å². The Morgan fingerprint density at radius 2 is 2.28 bits per heavy atom. The molecule has 0 saturated heterocycles. The molecule has 0 spiro atoms. The van der Waals surface area contributed by atoms with E-state index in [1.807, 2.05) is 20.2 Å². The van der Waals surface area contributed by atoms with Gasteiger partial charge in [0.25, 0.3) is 0 Å². The van der Waals surface area contributed by atoms with Gasteiger partial charge in [0.2, 0.25) is 0 Å². The molecule has 1 N–H and O–H groups in total. The molecule has 96 valence electrons. The van der Waals surface area contributed by atoms with Crippen molar-refractivity contribution in [3.05, 3.63) is 46.2 Å². The largest absolute Gasteiger partial charge is 0.313 e. The number of aryl methyl sites for hydroxylation is 1. The summed E-state index contributed by atoms with van der Waals surface area (Å²) in [5.74, 6) is 0.594. The van der Waals surface area contributed by atoms with Crippen LogP contribution in [0.25, 0.3) is 0 Å². The van der Waals surface area contributed by atoms with E-state index >= 15 is 0 Å². The molecule has 0 radical (unpaired) electrons. The molecule has 0 bridgehead atoms. The normalized spacial score (nSPS) is 12.7. The molecule has 0 aliphatic rings. The Bertz CT molecular complexity index is 541. The third-order valence-corrected chi connectivity index (χ3v) is 3.73. The molecule has 0 amide bonds. The molecule has 2 aromatic rings. The fourth-order valence-corrected chi connectivity index (χ4v) is 2.39. The predicted molar refractivity (Wildman–Crippen MR) is 70.6 cm³/mol. The summed E-state index contributed by atoms with van der Waals surface area (Å²) in [6.45, 7) is 0. The van der Waals surface area contributed by atoms with Crippen molar-refractivity contribution in [2.45, 2.75) is 12.5 Å². The molecule has 4 nitrogen and oxygen atoms in total. The van der Waals surface area contributed by atoms with Gasteiger partial charge in [0, 0.05) is 19.5 Å². The monoisotopic (exact) mass is 312 g/mol. The van der Waals surface area contributed by atoms with Crippen molar-refractivity contribution in [2.75, 3.05) is 7.05 Å². The third-order valence-electron chi connectivity index (χ3n) is 2.90. The quantitative estimate of drug-likeness (QED) is 0.941.